The Hall–Kier alpha value is -2.97. The number of rotatable bonds is 5. The molecule has 3 heterocycles. The summed E-state index contributed by atoms with van der Waals surface area (Å²) in [6, 6.07) is 5.74. The monoisotopic (exact) mass is 434 g/mol. The molecule has 1 atom stereocenters. The van der Waals surface area contributed by atoms with E-state index in [0.29, 0.717) is 31.1 Å². The molecule has 1 saturated heterocycles. The van der Waals surface area contributed by atoms with E-state index in [1.807, 2.05) is 4.90 Å². The average Bonchev–Trinajstić information content (AvgIpc) is 3.13. The molecule has 0 unspecified atom stereocenters. The van der Waals surface area contributed by atoms with Gasteiger partial charge in [0.1, 0.15) is 11.5 Å². The Balaban J connectivity index is 1.72. The lowest BCUT2D eigenvalue weighted by Crippen LogP contribution is -2.51. The zero-order valence-corrected chi connectivity index (χ0v) is 17.3. The van der Waals surface area contributed by atoms with Crippen molar-refractivity contribution < 1.29 is 18.0 Å². The third kappa shape index (κ3) is 4.13. The molecule has 9 heteroatoms. The molecule has 31 heavy (non-hydrogen) atoms. The van der Waals surface area contributed by atoms with Gasteiger partial charge in [-0.2, -0.15) is 13.2 Å². The molecule has 166 valence electrons. The van der Waals surface area contributed by atoms with E-state index in [1.165, 1.54) is 18.2 Å². The number of nitrogens with one attached hydrogen (secondary N) is 2. The maximum Gasteiger partial charge on any atom is 0.416 e. The normalized spacial score (nSPS) is 17.6. The highest BCUT2D eigenvalue weighted by atomic mass is 19.4. The number of alkyl halides is 3. The second-order valence-corrected chi connectivity index (χ2v) is 8.02. The number of halogens is 3. The van der Waals surface area contributed by atoms with Crippen molar-refractivity contribution in [3.8, 4) is 11.3 Å². The van der Waals surface area contributed by atoms with E-state index in [-0.39, 0.29) is 28.8 Å². The summed E-state index contributed by atoms with van der Waals surface area (Å²) in [5.74, 6) is 0.349. The van der Waals surface area contributed by atoms with Crippen LogP contribution in [-0.2, 0) is 6.18 Å². The summed E-state index contributed by atoms with van der Waals surface area (Å²) in [5.41, 5.74) is -0.219. The first-order valence-corrected chi connectivity index (χ1v) is 10.6. The van der Waals surface area contributed by atoms with E-state index in [9.17, 15) is 22.8 Å². The molecule has 2 N–H and O–H groups in total. The van der Waals surface area contributed by atoms with E-state index >= 15 is 0 Å². The molecule has 2 amide bonds. The largest absolute Gasteiger partial charge is 0.416 e. The van der Waals surface area contributed by atoms with Gasteiger partial charge < -0.3 is 15.2 Å². The van der Waals surface area contributed by atoms with Crippen LogP contribution in [0.25, 0.3) is 11.3 Å². The molecule has 2 aliphatic rings. The first kappa shape index (κ1) is 21.3. The number of unbranched alkanes of at least 4 members (excludes halogenated alkanes) is 2. The third-order valence-electron chi connectivity index (χ3n) is 5.85. The van der Waals surface area contributed by atoms with Crippen molar-refractivity contribution in [1.82, 2.24) is 10.3 Å². The topological polar surface area (TPSA) is 68.4 Å². The number of anilines is 2. The van der Waals surface area contributed by atoms with Crippen LogP contribution in [0.1, 0.15) is 38.2 Å². The number of hydrogen-bond donors (Lipinski definition) is 2. The molecule has 0 radical (unpaired) electrons. The van der Waals surface area contributed by atoms with Crippen LogP contribution >= 0.6 is 0 Å². The van der Waals surface area contributed by atoms with E-state index < -0.39 is 11.7 Å². The minimum Gasteiger partial charge on any atom is -0.363 e. The van der Waals surface area contributed by atoms with Crippen molar-refractivity contribution in [3.05, 3.63) is 46.1 Å². The standard InChI is InChI=1S/C22H25F3N4O2/c1-2-3-4-9-26-21(31)29-16-8-10-28(13-16)19-18(30)12-17(27-20(19)29)14-6-5-7-15(11-14)22(23,24)25/h5-7,11-12,16H,2-4,8-10,13H2,1H3,(H,26,31)(H,27,30)/t16-/m0/s1. The molecule has 6 nitrogen and oxygen atoms in total. The smallest absolute Gasteiger partial charge is 0.363 e. The number of hydrogen-bond acceptors (Lipinski definition) is 3. The Kier molecular flexibility index (Phi) is 5.68. The van der Waals surface area contributed by atoms with E-state index in [4.69, 9.17) is 0 Å². The van der Waals surface area contributed by atoms with Crippen molar-refractivity contribution >= 4 is 17.5 Å². The fraction of sp³-hybridized carbons (Fsp3) is 0.455. The van der Waals surface area contributed by atoms with Gasteiger partial charge in [-0.3, -0.25) is 9.69 Å². The van der Waals surface area contributed by atoms with Gasteiger partial charge in [-0.25, -0.2) is 4.79 Å². The van der Waals surface area contributed by atoms with Crippen LogP contribution in [0, 0.1) is 0 Å². The van der Waals surface area contributed by atoms with Gasteiger partial charge in [-0.1, -0.05) is 31.9 Å². The van der Waals surface area contributed by atoms with E-state index in [0.717, 1.165) is 37.8 Å². The number of aromatic amines is 1. The summed E-state index contributed by atoms with van der Waals surface area (Å²) < 4.78 is 39.4. The maximum absolute atomic E-state index is 13.1. The van der Waals surface area contributed by atoms with Gasteiger partial charge in [0.2, 0.25) is 5.43 Å². The van der Waals surface area contributed by atoms with Gasteiger partial charge in [0.05, 0.1) is 17.3 Å². The Morgan fingerprint density at radius 2 is 2.06 bits per heavy atom. The number of benzene rings is 1. The number of aromatic nitrogens is 1. The highest BCUT2D eigenvalue weighted by molar-refractivity contribution is 5.97. The summed E-state index contributed by atoms with van der Waals surface area (Å²) in [7, 11) is 0. The minimum atomic E-state index is -4.49. The highest BCUT2D eigenvalue weighted by Crippen LogP contribution is 2.38. The number of H-pyrrole nitrogens is 1. The summed E-state index contributed by atoms with van der Waals surface area (Å²) in [6.07, 6.45) is -0.859. The molecule has 1 fully saturated rings. The molecule has 1 aromatic carbocycles. The van der Waals surface area contributed by atoms with Crippen molar-refractivity contribution in [1.29, 1.82) is 0 Å². The van der Waals surface area contributed by atoms with Gasteiger partial charge in [-0.05, 0) is 30.5 Å². The van der Waals surface area contributed by atoms with E-state index in [2.05, 4.69) is 17.2 Å². The van der Waals surface area contributed by atoms with Gasteiger partial charge in [0.15, 0.2) is 0 Å². The van der Waals surface area contributed by atoms with Crippen LogP contribution in [0.3, 0.4) is 0 Å². The number of nitrogens with zero attached hydrogens (tertiary/aromatic N) is 2. The molecule has 4 rings (SSSR count). The lowest BCUT2D eigenvalue weighted by molar-refractivity contribution is -0.137. The molecule has 0 saturated carbocycles. The van der Waals surface area contributed by atoms with Gasteiger partial charge in [0.25, 0.3) is 0 Å². The predicted molar refractivity (Wildman–Crippen MR) is 114 cm³/mol. The molecule has 2 aromatic rings. The average molecular weight is 434 g/mol. The lowest BCUT2D eigenvalue weighted by Gasteiger charge is -2.36. The summed E-state index contributed by atoms with van der Waals surface area (Å²) in [6.45, 7) is 3.84. The Labute approximate surface area is 178 Å². The van der Waals surface area contributed by atoms with Gasteiger partial charge in [0, 0.05) is 25.7 Å². The lowest BCUT2D eigenvalue weighted by atomic mass is 10.1. The molecular formula is C22H25F3N4O2. The summed E-state index contributed by atoms with van der Waals surface area (Å²) >= 11 is 0. The van der Waals surface area contributed by atoms with Crippen LogP contribution in [0.4, 0.5) is 29.5 Å². The molecule has 0 aliphatic carbocycles. The van der Waals surface area contributed by atoms with Crippen LogP contribution in [-0.4, -0.2) is 36.7 Å². The first-order chi connectivity index (χ1) is 14.8. The van der Waals surface area contributed by atoms with Crippen LogP contribution in [0.15, 0.2) is 35.1 Å². The number of urea groups is 1. The number of carbonyl (C=O) groups excluding carboxylic acids is 1. The number of pyridine rings is 1. The zero-order chi connectivity index (χ0) is 22.2. The molecule has 0 spiro atoms. The number of fused-ring (bicyclic) bond motifs is 4. The van der Waals surface area contributed by atoms with Gasteiger partial charge in [-0.15, -0.1) is 0 Å². The highest BCUT2D eigenvalue weighted by Gasteiger charge is 2.41. The fourth-order valence-corrected chi connectivity index (χ4v) is 4.30. The third-order valence-corrected chi connectivity index (χ3v) is 5.85. The van der Waals surface area contributed by atoms with Crippen molar-refractivity contribution in [2.75, 3.05) is 29.4 Å². The van der Waals surface area contributed by atoms with Gasteiger partial charge >= 0.3 is 12.2 Å². The predicted octanol–water partition coefficient (Wildman–Crippen LogP) is 4.36. The van der Waals surface area contributed by atoms with Crippen LogP contribution in [0.5, 0.6) is 0 Å². The number of amides is 2. The minimum absolute atomic E-state index is 0.0916. The number of carbonyl (C=O) groups is 1. The summed E-state index contributed by atoms with van der Waals surface area (Å²) in [4.78, 5) is 32.5. The molecule has 2 bridgehead atoms. The quantitative estimate of drug-likeness (QED) is 0.687. The van der Waals surface area contributed by atoms with Crippen LogP contribution < -0.4 is 20.5 Å². The second-order valence-electron chi connectivity index (χ2n) is 8.02. The second kappa shape index (κ2) is 8.28. The van der Waals surface area contributed by atoms with E-state index in [1.54, 1.807) is 4.90 Å². The fourth-order valence-electron chi connectivity index (χ4n) is 4.30. The zero-order valence-electron chi connectivity index (χ0n) is 17.3. The first-order valence-electron chi connectivity index (χ1n) is 10.6. The molecule has 2 aliphatic heterocycles. The van der Waals surface area contributed by atoms with Crippen molar-refractivity contribution in [2.45, 2.75) is 44.8 Å². The maximum atomic E-state index is 13.1. The summed E-state index contributed by atoms with van der Waals surface area (Å²) in [5, 5.41) is 2.92. The Morgan fingerprint density at radius 1 is 1.26 bits per heavy atom. The Morgan fingerprint density at radius 3 is 2.81 bits per heavy atom. The van der Waals surface area contributed by atoms with Crippen molar-refractivity contribution in [2.24, 2.45) is 0 Å². The molecule has 1 aromatic heterocycles. The Bertz CT molecular complexity index is 1030. The molecular weight excluding hydrogens is 409 g/mol. The SMILES string of the molecule is CCCCCNC(=O)N1c2[nH]c(-c3cccc(C(F)(F)F)c3)cc(=O)c2N2CC[C@H]1C2. The van der Waals surface area contributed by atoms with Crippen LogP contribution in [0.2, 0.25) is 0 Å². The van der Waals surface area contributed by atoms with Crippen molar-refractivity contribution in [3.63, 3.8) is 0 Å².